The Morgan fingerprint density at radius 1 is 1.27 bits per heavy atom. The standard InChI is InChI=1S/C18H24N4O2S2/c1-21-6-8-22(9-7-21)15(23)5-10-25-11-14-19-17(24)16-12-3-2-4-13(12)26-18(16)20-14/h2-11H2,1H3,(H,19,20,24). The van der Waals surface area contributed by atoms with Crippen molar-refractivity contribution in [2.24, 2.45) is 0 Å². The van der Waals surface area contributed by atoms with Crippen molar-refractivity contribution in [2.75, 3.05) is 39.0 Å². The molecule has 8 heteroatoms. The number of aryl methyl sites for hydroxylation is 2. The average Bonchev–Trinajstić information content (AvgIpc) is 3.19. The number of thioether (sulfide) groups is 1. The number of likely N-dealkylation sites (N-methyl/N-ethyl adjacent to an activating group) is 1. The minimum absolute atomic E-state index is 0.00138. The molecule has 1 aliphatic carbocycles. The Bertz CT molecular complexity index is 868. The summed E-state index contributed by atoms with van der Waals surface area (Å²) in [4.78, 5) is 38.7. The molecule has 140 valence electrons. The second-order valence-corrected chi connectivity index (χ2v) is 9.23. The van der Waals surface area contributed by atoms with E-state index in [2.05, 4.69) is 21.9 Å². The van der Waals surface area contributed by atoms with Crippen molar-refractivity contribution < 1.29 is 4.79 Å². The number of fused-ring (bicyclic) bond motifs is 3. The molecule has 0 radical (unpaired) electrons. The molecule has 1 fully saturated rings. The number of thiophene rings is 1. The number of hydrogen-bond donors (Lipinski definition) is 1. The number of carbonyl (C=O) groups is 1. The summed E-state index contributed by atoms with van der Waals surface area (Å²) in [5, 5.41) is 0.807. The molecule has 4 rings (SSSR count). The minimum atomic E-state index is -0.00138. The first-order valence-corrected chi connectivity index (χ1v) is 11.2. The van der Waals surface area contributed by atoms with Gasteiger partial charge in [0.15, 0.2) is 0 Å². The number of nitrogens with one attached hydrogen (secondary N) is 1. The van der Waals surface area contributed by atoms with Gasteiger partial charge in [-0.3, -0.25) is 9.59 Å². The summed E-state index contributed by atoms with van der Waals surface area (Å²) in [7, 11) is 2.09. The van der Waals surface area contributed by atoms with Crippen LogP contribution in [0.3, 0.4) is 0 Å². The van der Waals surface area contributed by atoms with E-state index in [0.717, 1.165) is 67.2 Å². The van der Waals surface area contributed by atoms with Gasteiger partial charge in [-0.15, -0.1) is 11.3 Å². The van der Waals surface area contributed by atoms with Crippen LogP contribution in [0.25, 0.3) is 10.2 Å². The molecule has 0 aromatic carbocycles. The van der Waals surface area contributed by atoms with Crippen molar-refractivity contribution >= 4 is 39.2 Å². The molecule has 0 spiro atoms. The van der Waals surface area contributed by atoms with Crippen LogP contribution in [-0.4, -0.2) is 64.7 Å². The van der Waals surface area contributed by atoms with Crippen LogP contribution >= 0.6 is 23.1 Å². The zero-order chi connectivity index (χ0) is 18.1. The number of rotatable bonds is 5. The zero-order valence-corrected chi connectivity index (χ0v) is 16.7. The predicted octanol–water partition coefficient (Wildman–Crippen LogP) is 1.87. The van der Waals surface area contributed by atoms with Crippen LogP contribution < -0.4 is 5.56 Å². The Morgan fingerprint density at radius 3 is 2.88 bits per heavy atom. The van der Waals surface area contributed by atoms with Gasteiger partial charge in [-0.2, -0.15) is 11.8 Å². The first-order chi connectivity index (χ1) is 12.6. The van der Waals surface area contributed by atoms with Crippen molar-refractivity contribution in [3.05, 3.63) is 26.6 Å². The van der Waals surface area contributed by atoms with Crippen LogP contribution in [0.1, 0.15) is 29.1 Å². The lowest BCUT2D eigenvalue weighted by molar-refractivity contribution is -0.132. The van der Waals surface area contributed by atoms with Crippen LogP contribution in [0, 0.1) is 0 Å². The topological polar surface area (TPSA) is 69.3 Å². The number of nitrogens with zero attached hydrogens (tertiary/aromatic N) is 3. The van der Waals surface area contributed by atoms with Crippen molar-refractivity contribution in [3.63, 3.8) is 0 Å². The Balaban J connectivity index is 1.31. The minimum Gasteiger partial charge on any atom is -0.340 e. The van der Waals surface area contributed by atoms with Crippen molar-refractivity contribution in [2.45, 2.75) is 31.4 Å². The van der Waals surface area contributed by atoms with E-state index >= 15 is 0 Å². The molecule has 1 N–H and O–H groups in total. The van der Waals surface area contributed by atoms with Gasteiger partial charge in [0.2, 0.25) is 5.91 Å². The number of hydrogen-bond acceptors (Lipinski definition) is 6. The van der Waals surface area contributed by atoms with Crippen LogP contribution in [0.4, 0.5) is 0 Å². The van der Waals surface area contributed by atoms with E-state index in [9.17, 15) is 9.59 Å². The number of carbonyl (C=O) groups excluding carboxylic acids is 1. The molecule has 1 amide bonds. The largest absolute Gasteiger partial charge is 0.340 e. The van der Waals surface area contributed by atoms with Crippen molar-refractivity contribution in [3.8, 4) is 0 Å². The average molecular weight is 393 g/mol. The summed E-state index contributed by atoms with van der Waals surface area (Å²) >= 11 is 3.33. The lowest BCUT2D eigenvalue weighted by Crippen LogP contribution is -2.47. The molecule has 0 atom stereocenters. The van der Waals surface area contributed by atoms with Gasteiger partial charge in [0.25, 0.3) is 5.56 Å². The molecule has 2 aromatic rings. The van der Waals surface area contributed by atoms with Crippen LogP contribution in [-0.2, 0) is 23.4 Å². The van der Waals surface area contributed by atoms with Gasteiger partial charge in [-0.25, -0.2) is 4.98 Å². The van der Waals surface area contributed by atoms with Crippen molar-refractivity contribution in [1.82, 2.24) is 19.8 Å². The first-order valence-electron chi connectivity index (χ1n) is 9.19. The Labute approximate surface area is 161 Å². The number of amides is 1. The Morgan fingerprint density at radius 2 is 2.08 bits per heavy atom. The van der Waals surface area contributed by atoms with Gasteiger partial charge < -0.3 is 14.8 Å². The van der Waals surface area contributed by atoms with E-state index in [1.807, 2.05) is 4.90 Å². The molecule has 6 nitrogen and oxygen atoms in total. The third-order valence-electron chi connectivity index (χ3n) is 5.18. The fraction of sp³-hybridized carbons (Fsp3) is 0.611. The Kier molecular flexibility index (Phi) is 5.33. The molecular weight excluding hydrogens is 368 g/mol. The summed E-state index contributed by atoms with van der Waals surface area (Å²) in [5.41, 5.74) is 1.22. The molecule has 1 saturated heterocycles. The summed E-state index contributed by atoms with van der Waals surface area (Å²) in [6.45, 7) is 3.56. The third-order valence-corrected chi connectivity index (χ3v) is 7.34. The zero-order valence-electron chi connectivity index (χ0n) is 15.0. The van der Waals surface area contributed by atoms with Crippen LogP contribution in [0.15, 0.2) is 4.79 Å². The first kappa shape index (κ1) is 18.0. The maximum absolute atomic E-state index is 12.4. The van der Waals surface area contributed by atoms with Crippen LogP contribution in [0.2, 0.25) is 0 Å². The molecule has 1 aliphatic heterocycles. The van der Waals surface area contributed by atoms with Gasteiger partial charge in [-0.1, -0.05) is 0 Å². The molecule has 2 aromatic heterocycles. The highest BCUT2D eigenvalue weighted by Gasteiger charge is 2.21. The van der Waals surface area contributed by atoms with Crippen molar-refractivity contribution in [1.29, 1.82) is 0 Å². The highest BCUT2D eigenvalue weighted by atomic mass is 32.2. The van der Waals surface area contributed by atoms with E-state index < -0.39 is 0 Å². The summed E-state index contributed by atoms with van der Waals surface area (Å²) in [5.74, 6) is 2.36. The highest BCUT2D eigenvalue weighted by Crippen LogP contribution is 2.34. The van der Waals surface area contributed by atoms with Gasteiger partial charge in [0, 0.05) is 43.2 Å². The molecule has 2 aliphatic rings. The monoisotopic (exact) mass is 392 g/mol. The van der Waals surface area contributed by atoms with E-state index in [4.69, 9.17) is 0 Å². The van der Waals surface area contributed by atoms with E-state index in [-0.39, 0.29) is 11.5 Å². The molecular formula is C18H24N4O2S2. The van der Waals surface area contributed by atoms with E-state index in [1.54, 1.807) is 23.1 Å². The smallest absolute Gasteiger partial charge is 0.259 e. The molecule has 3 heterocycles. The summed E-state index contributed by atoms with van der Waals surface area (Å²) in [6, 6.07) is 0. The fourth-order valence-electron chi connectivity index (χ4n) is 3.66. The SMILES string of the molecule is CN1CCN(C(=O)CCSCc2nc3sc4c(c3c(=O)[nH]2)CCC4)CC1. The quantitative estimate of drug-likeness (QED) is 0.787. The lowest BCUT2D eigenvalue weighted by Gasteiger charge is -2.32. The summed E-state index contributed by atoms with van der Waals surface area (Å²) < 4.78 is 0. The highest BCUT2D eigenvalue weighted by molar-refractivity contribution is 7.98. The number of H-pyrrole nitrogens is 1. The summed E-state index contributed by atoms with van der Waals surface area (Å²) in [6.07, 6.45) is 3.78. The third kappa shape index (κ3) is 3.68. The normalized spacial score (nSPS) is 17.8. The van der Waals surface area contributed by atoms with Gasteiger partial charge in [-0.05, 0) is 31.9 Å². The van der Waals surface area contributed by atoms with E-state index in [1.165, 1.54) is 10.4 Å². The Hall–Kier alpha value is -1.38. The second-order valence-electron chi connectivity index (χ2n) is 7.04. The van der Waals surface area contributed by atoms with Gasteiger partial charge in [0.05, 0.1) is 11.1 Å². The molecule has 0 unspecified atom stereocenters. The van der Waals surface area contributed by atoms with Crippen LogP contribution in [0.5, 0.6) is 0 Å². The van der Waals surface area contributed by atoms with Gasteiger partial charge in [0.1, 0.15) is 10.7 Å². The maximum Gasteiger partial charge on any atom is 0.259 e. The molecule has 0 bridgehead atoms. The predicted molar refractivity (Wildman–Crippen MR) is 107 cm³/mol. The number of aromatic nitrogens is 2. The fourth-order valence-corrected chi connectivity index (χ4v) is 5.73. The second kappa shape index (κ2) is 7.70. The maximum atomic E-state index is 12.4. The molecule has 26 heavy (non-hydrogen) atoms. The lowest BCUT2D eigenvalue weighted by atomic mass is 10.2. The number of piperazine rings is 1. The molecule has 0 saturated carbocycles. The number of aromatic amines is 1. The van der Waals surface area contributed by atoms with Gasteiger partial charge >= 0.3 is 0 Å². The van der Waals surface area contributed by atoms with E-state index in [0.29, 0.717) is 12.2 Å².